The minimum Gasteiger partial charge on any atom is -0.324 e. The first-order chi connectivity index (χ1) is 11.9. The average molecular weight is 358 g/mol. The summed E-state index contributed by atoms with van der Waals surface area (Å²) >= 11 is 0. The molecule has 0 bridgehead atoms. The van der Waals surface area contributed by atoms with E-state index in [4.69, 9.17) is 0 Å². The fourth-order valence-electron chi connectivity index (χ4n) is 3.19. The Balaban J connectivity index is 1.83. The number of anilines is 1. The highest BCUT2D eigenvalue weighted by atomic mass is 32.2. The van der Waals surface area contributed by atoms with Crippen LogP contribution in [0.2, 0.25) is 0 Å². The van der Waals surface area contributed by atoms with Crippen molar-refractivity contribution in [1.29, 1.82) is 0 Å². The number of carbonyl (C=O) groups excluding carboxylic acids is 1. The van der Waals surface area contributed by atoms with Crippen molar-refractivity contribution < 1.29 is 13.2 Å². The molecule has 1 atom stereocenters. The van der Waals surface area contributed by atoms with E-state index in [-0.39, 0.29) is 10.8 Å². The third kappa shape index (κ3) is 3.60. The molecule has 0 unspecified atom stereocenters. The summed E-state index contributed by atoms with van der Waals surface area (Å²) in [5, 5.41) is 2.89. The molecule has 3 rings (SSSR count). The molecule has 0 aromatic heterocycles. The van der Waals surface area contributed by atoms with Gasteiger partial charge in [0.25, 0.3) is 0 Å². The van der Waals surface area contributed by atoms with Crippen LogP contribution in [0.4, 0.5) is 5.69 Å². The zero-order chi connectivity index (χ0) is 18.0. The summed E-state index contributed by atoms with van der Waals surface area (Å²) in [6.45, 7) is 4.28. The predicted molar refractivity (Wildman–Crippen MR) is 97.9 cm³/mol. The maximum Gasteiger partial charge on any atom is 0.243 e. The molecule has 0 spiro atoms. The van der Waals surface area contributed by atoms with E-state index < -0.39 is 16.1 Å². The Bertz CT molecular complexity index is 879. The molecule has 5 nitrogen and oxygen atoms in total. The Morgan fingerprint density at radius 3 is 2.52 bits per heavy atom. The molecule has 1 N–H and O–H groups in total. The number of hydrogen-bond donors (Lipinski definition) is 1. The minimum atomic E-state index is -3.67. The van der Waals surface area contributed by atoms with Gasteiger partial charge in [0.15, 0.2) is 0 Å². The Morgan fingerprint density at radius 2 is 1.84 bits per heavy atom. The van der Waals surface area contributed by atoms with Crippen LogP contribution in [0.1, 0.15) is 24.0 Å². The van der Waals surface area contributed by atoms with Crippen molar-refractivity contribution in [3.05, 3.63) is 59.7 Å². The highest BCUT2D eigenvalue weighted by Gasteiger charge is 2.39. The molecule has 1 saturated heterocycles. The molecular formula is C19H22N2O3S. The average Bonchev–Trinajstić information content (AvgIpc) is 3.09. The van der Waals surface area contributed by atoms with Crippen LogP contribution < -0.4 is 5.32 Å². The molecule has 2 aromatic rings. The first kappa shape index (κ1) is 17.6. The van der Waals surface area contributed by atoms with E-state index in [2.05, 4.69) is 5.32 Å². The number of nitrogens with zero attached hydrogens (tertiary/aromatic N) is 1. The third-order valence-electron chi connectivity index (χ3n) is 4.50. The fraction of sp³-hybridized carbons (Fsp3) is 0.316. The van der Waals surface area contributed by atoms with E-state index in [0.29, 0.717) is 19.4 Å². The lowest BCUT2D eigenvalue weighted by Gasteiger charge is -2.23. The van der Waals surface area contributed by atoms with E-state index in [0.717, 1.165) is 16.8 Å². The largest absolute Gasteiger partial charge is 0.324 e. The summed E-state index contributed by atoms with van der Waals surface area (Å²) in [6.07, 6.45) is 1.21. The molecule has 0 radical (unpaired) electrons. The zero-order valence-corrected chi connectivity index (χ0v) is 15.2. The second kappa shape index (κ2) is 6.98. The molecule has 1 aliphatic rings. The van der Waals surface area contributed by atoms with Gasteiger partial charge in [0.2, 0.25) is 15.9 Å². The summed E-state index contributed by atoms with van der Waals surface area (Å²) in [7, 11) is -3.67. The number of amides is 1. The van der Waals surface area contributed by atoms with Gasteiger partial charge in [0.05, 0.1) is 4.90 Å². The summed E-state index contributed by atoms with van der Waals surface area (Å²) in [6, 6.07) is 13.4. The van der Waals surface area contributed by atoms with Crippen LogP contribution in [0.15, 0.2) is 53.4 Å². The van der Waals surface area contributed by atoms with Gasteiger partial charge >= 0.3 is 0 Å². The van der Waals surface area contributed by atoms with Crippen LogP contribution in [0.5, 0.6) is 0 Å². The van der Waals surface area contributed by atoms with Gasteiger partial charge in [-0.05, 0) is 50.5 Å². The van der Waals surface area contributed by atoms with Gasteiger partial charge < -0.3 is 5.32 Å². The maximum atomic E-state index is 12.9. The number of nitrogens with one attached hydrogen (secondary N) is 1. The highest BCUT2D eigenvalue weighted by molar-refractivity contribution is 7.89. The summed E-state index contributed by atoms with van der Waals surface area (Å²) in [4.78, 5) is 12.9. The number of benzene rings is 2. The van der Waals surface area contributed by atoms with E-state index in [1.165, 1.54) is 4.31 Å². The molecule has 132 valence electrons. The van der Waals surface area contributed by atoms with E-state index >= 15 is 0 Å². The number of carbonyl (C=O) groups is 1. The van der Waals surface area contributed by atoms with Gasteiger partial charge in [-0.25, -0.2) is 8.42 Å². The zero-order valence-electron chi connectivity index (χ0n) is 14.4. The van der Waals surface area contributed by atoms with Crippen LogP contribution in [0.25, 0.3) is 0 Å². The first-order valence-electron chi connectivity index (χ1n) is 8.34. The van der Waals surface area contributed by atoms with Crippen LogP contribution >= 0.6 is 0 Å². The quantitative estimate of drug-likeness (QED) is 0.913. The smallest absolute Gasteiger partial charge is 0.243 e. The molecule has 6 heteroatoms. The van der Waals surface area contributed by atoms with E-state index in [1.807, 2.05) is 32.0 Å². The molecule has 2 aromatic carbocycles. The molecular weight excluding hydrogens is 336 g/mol. The summed E-state index contributed by atoms with van der Waals surface area (Å²) < 4.78 is 27.0. The summed E-state index contributed by atoms with van der Waals surface area (Å²) in [5.41, 5.74) is 2.80. The molecule has 1 heterocycles. The van der Waals surface area contributed by atoms with Gasteiger partial charge in [0, 0.05) is 12.2 Å². The lowest BCUT2D eigenvalue weighted by molar-refractivity contribution is -0.119. The van der Waals surface area contributed by atoms with Crippen molar-refractivity contribution in [2.24, 2.45) is 0 Å². The van der Waals surface area contributed by atoms with E-state index in [1.54, 1.807) is 30.3 Å². The van der Waals surface area contributed by atoms with Gasteiger partial charge in [-0.2, -0.15) is 4.31 Å². The predicted octanol–water partition coefficient (Wildman–Crippen LogP) is 3.10. The van der Waals surface area contributed by atoms with Crippen molar-refractivity contribution in [2.45, 2.75) is 37.6 Å². The molecule has 1 amide bonds. The normalized spacial score (nSPS) is 18.2. The molecule has 0 saturated carbocycles. The number of aryl methyl sites for hydroxylation is 2. The monoisotopic (exact) mass is 358 g/mol. The van der Waals surface area contributed by atoms with Crippen molar-refractivity contribution in [3.8, 4) is 0 Å². The molecule has 1 aliphatic heterocycles. The Labute approximate surface area is 148 Å². The lowest BCUT2D eigenvalue weighted by atomic mass is 10.1. The number of rotatable bonds is 4. The van der Waals surface area contributed by atoms with Crippen molar-refractivity contribution in [2.75, 3.05) is 11.9 Å². The van der Waals surface area contributed by atoms with Gasteiger partial charge in [0.1, 0.15) is 6.04 Å². The second-order valence-electron chi connectivity index (χ2n) is 6.39. The Morgan fingerprint density at radius 1 is 1.12 bits per heavy atom. The van der Waals surface area contributed by atoms with Crippen molar-refractivity contribution in [3.63, 3.8) is 0 Å². The molecule has 25 heavy (non-hydrogen) atoms. The first-order valence-corrected chi connectivity index (χ1v) is 9.78. The lowest BCUT2D eigenvalue weighted by Crippen LogP contribution is -2.43. The highest BCUT2D eigenvalue weighted by Crippen LogP contribution is 2.27. The molecule has 0 aliphatic carbocycles. The topological polar surface area (TPSA) is 66.5 Å². The van der Waals surface area contributed by atoms with Gasteiger partial charge in [-0.1, -0.05) is 35.9 Å². The van der Waals surface area contributed by atoms with Crippen molar-refractivity contribution >= 4 is 21.6 Å². The van der Waals surface area contributed by atoms with Crippen LogP contribution in [0, 0.1) is 13.8 Å². The Hall–Kier alpha value is -2.18. The van der Waals surface area contributed by atoms with Crippen LogP contribution in [-0.4, -0.2) is 31.2 Å². The number of sulfonamides is 1. The standard InChI is InChI=1S/C19H22N2O3S/c1-14-10-11-17(15(2)13-14)20-19(22)18-9-6-12-21(18)25(23,24)16-7-4-3-5-8-16/h3-5,7-8,10-11,13,18H,6,9,12H2,1-2H3,(H,20,22)/t18-/m0/s1. The van der Waals surface area contributed by atoms with Gasteiger partial charge in [-0.3, -0.25) is 4.79 Å². The number of hydrogen-bond acceptors (Lipinski definition) is 3. The summed E-state index contributed by atoms with van der Waals surface area (Å²) in [5.74, 6) is -0.274. The van der Waals surface area contributed by atoms with Crippen LogP contribution in [0.3, 0.4) is 0 Å². The maximum absolute atomic E-state index is 12.9. The minimum absolute atomic E-state index is 0.223. The second-order valence-corrected chi connectivity index (χ2v) is 8.29. The van der Waals surface area contributed by atoms with Gasteiger partial charge in [-0.15, -0.1) is 0 Å². The Kier molecular flexibility index (Phi) is 4.92. The van der Waals surface area contributed by atoms with Crippen molar-refractivity contribution in [1.82, 2.24) is 4.31 Å². The SMILES string of the molecule is Cc1ccc(NC(=O)[C@@H]2CCCN2S(=O)(=O)c2ccccc2)c(C)c1. The fourth-order valence-corrected chi connectivity index (χ4v) is 4.87. The third-order valence-corrected chi connectivity index (χ3v) is 6.42. The van der Waals surface area contributed by atoms with Crippen LogP contribution in [-0.2, 0) is 14.8 Å². The van der Waals surface area contributed by atoms with E-state index in [9.17, 15) is 13.2 Å². The molecule has 1 fully saturated rings.